The smallest absolute Gasteiger partial charge is 0.127 e. The highest BCUT2D eigenvalue weighted by molar-refractivity contribution is 5.40. The molecule has 0 radical (unpaired) electrons. The van der Waals surface area contributed by atoms with Crippen LogP contribution in [0, 0.1) is 6.92 Å². The van der Waals surface area contributed by atoms with E-state index in [2.05, 4.69) is 43.9 Å². The third-order valence-corrected chi connectivity index (χ3v) is 2.58. The summed E-state index contributed by atoms with van der Waals surface area (Å²) in [6, 6.07) is 6.22. The van der Waals surface area contributed by atoms with Crippen LogP contribution in [-0.4, -0.2) is 13.7 Å². The Labute approximate surface area is 98.3 Å². The van der Waals surface area contributed by atoms with E-state index in [0.717, 1.165) is 24.3 Å². The molecule has 16 heavy (non-hydrogen) atoms. The molecule has 0 aliphatic heterocycles. The molecular formula is C14H21NO. The number of aryl methyl sites for hydroxylation is 1. The standard InChI is InChI=1S/C14H21NO/c1-5-11(2)10-16-14-12(3)7-6-8-13(14)9-15-4/h6-8,15H,2,5,9-10H2,1,3-4H3. The summed E-state index contributed by atoms with van der Waals surface area (Å²) in [5.74, 6) is 0.992. The predicted molar refractivity (Wildman–Crippen MR) is 68.9 cm³/mol. The van der Waals surface area contributed by atoms with Crippen LogP contribution in [0.5, 0.6) is 5.75 Å². The van der Waals surface area contributed by atoms with Gasteiger partial charge in [0.1, 0.15) is 12.4 Å². The van der Waals surface area contributed by atoms with E-state index in [4.69, 9.17) is 4.74 Å². The monoisotopic (exact) mass is 219 g/mol. The van der Waals surface area contributed by atoms with Gasteiger partial charge < -0.3 is 10.1 Å². The Balaban J connectivity index is 2.79. The van der Waals surface area contributed by atoms with Crippen LogP contribution in [-0.2, 0) is 6.54 Å². The van der Waals surface area contributed by atoms with Crippen LogP contribution in [0.25, 0.3) is 0 Å². The average molecular weight is 219 g/mol. The van der Waals surface area contributed by atoms with E-state index >= 15 is 0 Å². The minimum absolute atomic E-state index is 0.609. The number of ether oxygens (including phenoxy) is 1. The summed E-state index contributed by atoms with van der Waals surface area (Å²) in [5.41, 5.74) is 3.50. The first-order valence-electron chi connectivity index (χ1n) is 5.71. The molecule has 0 fully saturated rings. The molecule has 1 aromatic rings. The van der Waals surface area contributed by atoms with Crippen LogP contribution in [0.4, 0.5) is 0 Å². The summed E-state index contributed by atoms with van der Waals surface area (Å²) in [4.78, 5) is 0. The molecule has 0 unspecified atom stereocenters. The number of hydrogen-bond acceptors (Lipinski definition) is 2. The lowest BCUT2D eigenvalue weighted by Crippen LogP contribution is -2.09. The van der Waals surface area contributed by atoms with Gasteiger partial charge in [-0.1, -0.05) is 31.7 Å². The highest BCUT2D eigenvalue weighted by atomic mass is 16.5. The van der Waals surface area contributed by atoms with Gasteiger partial charge in [0.25, 0.3) is 0 Å². The second-order valence-corrected chi connectivity index (χ2v) is 3.99. The zero-order valence-corrected chi connectivity index (χ0v) is 10.5. The second kappa shape index (κ2) is 6.33. The summed E-state index contributed by atoms with van der Waals surface area (Å²) in [7, 11) is 1.94. The first kappa shape index (κ1) is 12.8. The fourth-order valence-electron chi connectivity index (χ4n) is 1.53. The Morgan fingerprint density at radius 2 is 2.19 bits per heavy atom. The molecule has 2 nitrogen and oxygen atoms in total. The number of para-hydroxylation sites is 1. The minimum Gasteiger partial charge on any atom is -0.489 e. The molecule has 0 saturated heterocycles. The van der Waals surface area contributed by atoms with Gasteiger partial charge in [-0.25, -0.2) is 0 Å². The van der Waals surface area contributed by atoms with E-state index < -0.39 is 0 Å². The van der Waals surface area contributed by atoms with Crippen molar-refractivity contribution in [1.29, 1.82) is 0 Å². The summed E-state index contributed by atoms with van der Waals surface area (Å²) in [5, 5.41) is 3.15. The molecule has 0 atom stereocenters. The van der Waals surface area contributed by atoms with E-state index in [1.54, 1.807) is 0 Å². The van der Waals surface area contributed by atoms with Crippen molar-refractivity contribution in [1.82, 2.24) is 5.32 Å². The van der Waals surface area contributed by atoms with Crippen molar-refractivity contribution < 1.29 is 4.74 Å². The third-order valence-electron chi connectivity index (χ3n) is 2.58. The lowest BCUT2D eigenvalue weighted by atomic mass is 10.1. The largest absolute Gasteiger partial charge is 0.489 e. The SMILES string of the molecule is C=C(CC)COc1c(C)cccc1CNC. The number of benzene rings is 1. The maximum absolute atomic E-state index is 5.83. The highest BCUT2D eigenvalue weighted by Gasteiger charge is 2.06. The molecule has 0 spiro atoms. The van der Waals surface area contributed by atoms with E-state index in [1.807, 2.05) is 7.05 Å². The Bertz CT molecular complexity index is 358. The van der Waals surface area contributed by atoms with Gasteiger partial charge in [0.05, 0.1) is 0 Å². The van der Waals surface area contributed by atoms with Gasteiger partial charge in [0.2, 0.25) is 0 Å². The quantitative estimate of drug-likeness (QED) is 0.742. The first-order chi connectivity index (χ1) is 7.69. The van der Waals surface area contributed by atoms with Crippen molar-refractivity contribution in [2.45, 2.75) is 26.8 Å². The summed E-state index contributed by atoms with van der Waals surface area (Å²) >= 11 is 0. The molecule has 0 bridgehead atoms. The van der Waals surface area contributed by atoms with Crippen LogP contribution in [0.15, 0.2) is 30.4 Å². The van der Waals surface area contributed by atoms with Crippen molar-refractivity contribution in [2.24, 2.45) is 0 Å². The van der Waals surface area contributed by atoms with Gasteiger partial charge in [0, 0.05) is 12.1 Å². The summed E-state index contributed by atoms with van der Waals surface area (Å²) < 4.78 is 5.83. The maximum Gasteiger partial charge on any atom is 0.127 e. The highest BCUT2D eigenvalue weighted by Crippen LogP contribution is 2.23. The Morgan fingerprint density at radius 1 is 1.44 bits per heavy atom. The average Bonchev–Trinajstić information content (AvgIpc) is 2.28. The van der Waals surface area contributed by atoms with Gasteiger partial charge in [-0.2, -0.15) is 0 Å². The Kier molecular flexibility index (Phi) is 5.06. The first-order valence-corrected chi connectivity index (χ1v) is 5.71. The number of hydrogen-bond donors (Lipinski definition) is 1. The number of nitrogens with one attached hydrogen (secondary N) is 1. The maximum atomic E-state index is 5.83. The molecule has 0 heterocycles. The fourth-order valence-corrected chi connectivity index (χ4v) is 1.53. The molecule has 0 aliphatic rings. The topological polar surface area (TPSA) is 21.3 Å². The molecule has 0 aliphatic carbocycles. The molecular weight excluding hydrogens is 198 g/mol. The van der Waals surface area contributed by atoms with Crippen LogP contribution < -0.4 is 10.1 Å². The predicted octanol–water partition coefficient (Wildman–Crippen LogP) is 3.06. The second-order valence-electron chi connectivity index (χ2n) is 3.99. The minimum atomic E-state index is 0.609. The van der Waals surface area contributed by atoms with Gasteiger partial charge in [-0.05, 0) is 31.5 Å². The zero-order valence-electron chi connectivity index (χ0n) is 10.5. The van der Waals surface area contributed by atoms with E-state index in [1.165, 1.54) is 11.1 Å². The van der Waals surface area contributed by atoms with Crippen LogP contribution >= 0.6 is 0 Å². The molecule has 1 rings (SSSR count). The van der Waals surface area contributed by atoms with Gasteiger partial charge in [-0.3, -0.25) is 0 Å². The van der Waals surface area contributed by atoms with E-state index in [-0.39, 0.29) is 0 Å². The van der Waals surface area contributed by atoms with Crippen molar-refractivity contribution in [3.63, 3.8) is 0 Å². The normalized spacial score (nSPS) is 10.2. The van der Waals surface area contributed by atoms with Crippen LogP contribution in [0.1, 0.15) is 24.5 Å². The van der Waals surface area contributed by atoms with Crippen molar-refractivity contribution in [2.75, 3.05) is 13.7 Å². The van der Waals surface area contributed by atoms with E-state index in [9.17, 15) is 0 Å². The van der Waals surface area contributed by atoms with Crippen molar-refractivity contribution >= 4 is 0 Å². The lowest BCUT2D eigenvalue weighted by Gasteiger charge is -2.14. The van der Waals surface area contributed by atoms with Gasteiger partial charge in [-0.15, -0.1) is 0 Å². The molecule has 2 heteroatoms. The molecule has 88 valence electrons. The molecule has 1 aromatic carbocycles. The van der Waals surface area contributed by atoms with E-state index in [0.29, 0.717) is 6.61 Å². The lowest BCUT2D eigenvalue weighted by molar-refractivity contribution is 0.342. The van der Waals surface area contributed by atoms with Crippen LogP contribution in [0.3, 0.4) is 0 Å². The van der Waals surface area contributed by atoms with Gasteiger partial charge >= 0.3 is 0 Å². The molecule has 0 aromatic heterocycles. The molecule has 0 saturated carbocycles. The third kappa shape index (κ3) is 3.38. The number of rotatable bonds is 6. The summed E-state index contributed by atoms with van der Waals surface area (Å²) in [6.07, 6.45) is 0.966. The van der Waals surface area contributed by atoms with Crippen molar-refractivity contribution in [3.05, 3.63) is 41.5 Å². The van der Waals surface area contributed by atoms with Gasteiger partial charge in [0.15, 0.2) is 0 Å². The Morgan fingerprint density at radius 3 is 2.81 bits per heavy atom. The molecule has 0 amide bonds. The Hall–Kier alpha value is -1.28. The molecule has 1 N–H and O–H groups in total. The zero-order chi connectivity index (χ0) is 12.0. The summed E-state index contributed by atoms with van der Waals surface area (Å²) in [6.45, 7) is 9.56. The fraction of sp³-hybridized carbons (Fsp3) is 0.429. The van der Waals surface area contributed by atoms with Crippen molar-refractivity contribution in [3.8, 4) is 5.75 Å². The van der Waals surface area contributed by atoms with Crippen LogP contribution in [0.2, 0.25) is 0 Å².